The molecule has 3 aliphatic rings. The first-order valence-corrected chi connectivity index (χ1v) is 15.7. The van der Waals surface area contributed by atoms with Crippen LogP contribution in [-0.2, 0) is 12.4 Å². The molecule has 0 spiro atoms. The number of alkyl halides is 6. The van der Waals surface area contributed by atoms with Crippen molar-refractivity contribution in [3.8, 4) is 0 Å². The van der Waals surface area contributed by atoms with Crippen molar-refractivity contribution in [3.05, 3.63) is 68.7 Å². The van der Waals surface area contributed by atoms with Crippen LogP contribution in [-0.4, -0.2) is 55.1 Å². The number of likely N-dealkylation sites (N-methyl/N-ethyl adjacent to an activating group) is 1. The highest BCUT2D eigenvalue weighted by Gasteiger charge is 2.58. The molecule has 1 saturated carbocycles. The predicted octanol–water partition coefficient (Wildman–Crippen LogP) is 9.47. The van der Waals surface area contributed by atoms with Gasteiger partial charge in [0, 0.05) is 49.8 Å². The standard InChI is InChI=1S/C32H37Cl2F6N2O/c1-41(29(43)23-15-25(31(35,36)37)18-26(16-23)32(38,39)40)19-22(21-7-8-27(33)28(34)17-21)9-12-42-13-10-30(20-42,11-14-42)24-5-3-2-4-6-24/h7-8,15-18,22,24H,2-6,9-14,19-20H2,1H3/q+1. The Morgan fingerprint density at radius 3 is 2.09 bits per heavy atom. The van der Waals surface area contributed by atoms with E-state index >= 15 is 0 Å². The Hall–Kier alpha value is -1.97. The molecular formula is C32H37Cl2F6N2O+. The Morgan fingerprint density at radius 1 is 0.930 bits per heavy atom. The molecule has 0 radical (unpaired) electrons. The number of benzene rings is 2. The fourth-order valence-corrected chi connectivity index (χ4v) is 8.27. The van der Waals surface area contributed by atoms with Crippen LogP contribution in [0.2, 0.25) is 10.0 Å². The van der Waals surface area contributed by atoms with Crippen LogP contribution < -0.4 is 0 Å². The molecule has 2 aromatic carbocycles. The average Bonchev–Trinajstić information content (AvgIpc) is 3.53. The molecule has 43 heavy (non-hydrogen) atoms. The van der Waals surface area contributed by atoms with E-state index in [1.807, 2.05) is 6.07 Å². The van der Waals surface area contributed by atoms with Crippen molar-refractivity contribution < 1.29 is 35.6 Å². The number of fused-ring (bicyclic) bond motifs is 2. The summed E-state index contributed by atoms with van der Waals surface area (Å²) in [6.45, 7) is 4.37. The molecule has 3 fully saturated rings. The normalized spacial score (nSPS) is 25.2. The van der Waals surface area contributed by atoms with E-state index in [4.69, 9.17) is 23.2 Å². The van der Waals surface area contributed by atoms with Crippen LogP contribution in [0.15, 0.2) is 36.4 Å². The number of hydrogen-bond acceptors (Lipinski definition) is 1. The maximum Gasteiger partial charge on any atom is 0.416 e. The van der Waals surface area contributed by atoms with Crippen molar-refractivity contribution in [1.29, 1.82) is 0 Å². The predicted molar refractivity (Wildman–Crippen MR) is 155 cm³/mol. The molecular weight excluding hydrogens is 613 g/mol. The summed E-state index contributed by atoms with van der Waals surface area (Å²) in [7, 11) is 1.41. The SMILES string of the molecule is CN(CC(CC[N+]12CCC(C3CCCCC3)(CC1)C2)c1ccc(Cl)c(Cl)c1)C(=O)c1cc(C(F)(F)F)cc(C(F)(F)F)c1. The highest BCUT2D eigenvalue weighted by molar-refractivity contribution is 6.42. The van der Waals surface area contributed by atoms with Gasteiger partial charge in [0.1, 0.15) is 0 Å². The van der Waals surface area contributed by atoms with Crippen LogP contribution in [0.1, 0.15) is 84.3 Å². The fraction of sp³-hybridized carbons (Fsp3) is 0.594. The smallest absolute Gasteiger partial charge is 0.341 e. The molecule has 2 bridgehead atoms. The summed E-state index contributed by atoms with van der Waals surface area (Å²) < 4.78 is 81.7. The van der Waals surface area contributed by atoms with Crippen LogP contribution in [0.25, 0.3) is 0 Å². The van der Waals surface area contributed by atoms with E-state index in [-0.39, 0.29) is 18.5 Å². The van der Waals surface area contributed by atoms with Gasteiger partial charge in [0.05, 0.1) is 47.4 Å². The molecule has 1 amide bonds. The van der Waals surface area contributed by atoms with Gasteiger partial charge in [-0.3, -0.25) is 4.79 Å². The topological polar surface area (TPSA) is 20.3 Å². The number of quaternary nitrogens is 1. The number of carbonyl (C=O) groups excluding carboxylic acids is 1. The quantitative estimate of drug-likeness (QED) is 0.206. The highest BCUT2D eigenvalue weighted by Crippen LogP contribution is 2.54. The number of hydrogen-bond donors (Lipinski definition) is 0. The molecule has 2 aliphatic heterocycles. The lowest BCUT2D eigenvalue weighted by Gasteiger charge is -2.35. The van der Waals surface area contributed by atoms with Crippen molar-refractivity contribution in [2.45, 2.75) is 69.6 Å². The average molecular weight is 651 g/mol. The van der Waals surface area contributed by atoms with Gasteiger partial charge in [-0.25, -0.2) is 0 Å². The molecule has 1 aliphatic carbocycles. The van der Waals surface area contributed by atoms with Gasteiger partial charge >= 0.3 is 12.4 Å². The first-order valence-electron chi connectivity index (χ1n) is 15.0. The second kappa shape index (κ2) is 12.1. The lowest BCUT2D eigenvalue weighted by atomic mass is 9.67. The third-order valence-corrected chi connectivity index (χ3v) is 11.1. The molecule has 2 heterocycles. The third-order valence-electron chi connectivity index (χ3n) is 10.3. The van der Waals surface area contributed by atoms with Crippen LogP contribution in [0.3, 0.4) is 0 Å². The molecule has 5 rings (SSSR count). The van der Waals surface area contributed by atoms with Gasteiger partial charge in [0.25, 0.3) is 5.91 Å². The van der Waals surface area contributed by atoms with Gasteiger partial charge in [-0.05, 0) is 54.7 Å². The van der Waals surface area contributed by atoms with Gasteiger partial charge in [-0.1, -0.05) is 48.5 Å². The van der Waals surface area contributed by atoms with Crippen molar-refractivity contribution in [1.82, 2.24) is 4.90 Å². The number of piperidine rings is 1. The minimum Gasteiger partial charge on any atom is -0.341 e. The van der Waals surface area contributed by atoms with E-state index < -0.39 is 35.0 Å². The van der Waals surface area contributed by atoms with Gasteiger partial charge < -0.3 is 9.38 Å². The Kier molecular flexibility index (Phi) is 9.11. The fourth-order valence-electron chi connectivity index (χ4n) is 7.97. The number of amides is 1. The van der Waals surface area contributed by atoms with Crippen molar-refractivity contribution in [2.24, 2.45) is 11.3 Å². The van der Waals surface area contributed by atoms with E-state index in [1.165, 1.54) is 56.9 Å². The third kappa shape index (κ3) is 6.99. The molecule has 11 heteroatoms. The largest absolute Gasteiger partial charge is 0.416 e. The van der Waals surface area contributed by atoms with E-state index in [9.17, 15) is 31.1 Å². The lowest BCUT2D eigenvalue weighted by molar-refractivity contribution is -0.909. The van der Waals surface area contributed by atoms with Gasteiger partial charge in [-0.15, -0.1) is 0 Å². The second-order valence-corrected chi connectivity index (χ2v) is 13.8. The first-order chi connectivity index (χ1) is 20.1. The highest BCUT2D eigenvalue weighted by atomic mass is 35.5. The molecule has 0 aromatic heterocycles. The second-order valence-electron chi connectivity index (χ2n) is 13.0. The zero-order chi connectivity index (χ0) is 31.2. The van der Waals surface area contributed by atoms with Crippen molar-refractivity contribution in [3.63, 3.8) is 0 Å². The maximum absolute atomic E-state index is 13.5. The number of carbonyl (C=O) groups is 1. The Balaban J connectivity index is 1.36. The summed E-state index contributed by atoms with van der Waals surface area (Å²) in [5.74, 6) is -0.367. The van der Waals surface area contributed by atoms with E-state index in [0.29, 0.717) is 34.0 Å². The van der Waals surface area contributed by atoms with Crippen molar-refractivity contribution >= 4 is 29.1 Å². The van der Waals surface area contributed by atoms with Crippen LogP contribution in [0, 0.1) is 11.3 Å². The minimum atomic E-state index is -5.04. The van der Waals surface area contributed by atoms with Crippen LogP contribution >= 0.6 is 23.2 Å². The molecule has 1 atom stereocenters. The number of halogens is 8. The summed E-state index contributed by atoms with van der Waals surface area (Å²) in [6, 6.07) is 6.23. The summed E-state index contributed by atoms with van der Waals surface area (Å²) in [5, 5.41) is 0.715. The molecule has 236 valence electrons. The molecule has 2 saturated heterocycles. The van der Waals surface area contributed by atoms with Gasteiger partial charge in [0.2, 0.25) is 0 Å². The Labute approximate surface area is 258 Å². The number of rotatable bonds is 8. The zero-order valence-electron chi connectivity index (χ0n) is 24.1. The first kappa shape index (κ1) is 32.4. The monoisotopic (exact) mass is 649 g/mol. The maximum atomic E-state index is 13.5. The van der Waals surface area contributed by atoms with E-state index in [1.54, 1.807) is 12.1 Å². The molecule has 3 nitrogen and oxygen atoms in total. The van der Waals surface area contributed by atoms with Gasteiger partial charge in [-0.2, -0.15) is 26.3 Å². The summed E-state index contributed by atoms with van der Waals surface area (Å²) >= 11 is 12.5. The van der Waals surface area contributed by atoms with Crippen molar-refractivity contribution in [2.75, 3.05) is 39.8 Å². The van der Waals surface area contributed by atoms with E-state index in [0.717, 1.165) is 42.1 Å². The molecule has 1 unspecified atom stereocenters. The van der Waals surface area contributed by atoms with E-state index in [2.05, 4.69) is 0 Å². The summed E-state index contributed by atoms with van der Waals surface area (Å²) in [5.41, 5.74) is -2.45. The Bertz CT molecular complexity index is 1300. The summed E-state index contributed by atoms with van der Waals surface area (Å²) in [6.07, 6.45) is -0.377. The lowest BCUT2D eigenvalue weighted by Crippen LogP contribution is -2.45. The summed E-state index contributed by atoms with van der Waals surface area (Å²) in [4.78, 5) is 14.5. The molecule has 2 aromatic rings. The Morgan fingerprint density at radius 2 is 1.53 bits per heavy atom. The van der Waals surface area contributed by atoms with Crippen LogP contribution in [0.5, 0.6) is 0 Å². The number of nitrogens with zero attached hydrogens (tertiary/aromatic N) is 2. The molecule has 0 N–H and O–H groups in total. The minimum absolute atomic E-state index is 0.0308. The zero-order valence-corrected chi connectivity index (χ0v) is 25.6. The van der Waals surface area contributed by atoms with Crippen LogP contribution in [0.4, 0.5) is 26.3 Å². The van der Waals surface area contributed by atoms with Gasteiger partial charge in [0.15, 0.2) is 0 Å².